The van der Waals surface area contributed by atoms with Gasteiger partial charge >= 0.3 is 0 Å². The molecule has 1 saturated carbocycles. The molecule has 1 aromatic carbocycles. The van der Waals surface area contributed by atoms with Crippen LogP contribution in [0.4, 0.5) is 0 Å². The summed E-state index contributed by atoms with van der Waals surface area (Å²) in [7, 11) is 0. The van der Waals surface area contributed by atoms with E-state index < -0.39 is 0 Å². The van der Waals surface area contributed by atoms with Crippen LogP contribution >= 0.6 is 11.6 Å². The van der Waals surface area contributed by atoms with Gasteiger partial charge in [0.05, 0.1) is 5.41 Å². The highest BCUT2D eigenvalue weighted by molar-refractivity contribution is 6.30. The van der Waals surface area contributed by atoms with E-state index in [0.717, 1.165) is 44.2 Å². The molecule has 2 aromatic rings. The molecule has 0 unspecified atom stereocenters. The molecule has 0 spiro atoms. The maximum absolute atomic E-state index is 12.9. The SMILES string of the molecule is O=C(NCCCn1cccc1)C1(c2ccc(Cl)cc2)CCCC1. The van der Waals surface area contributed by atoms with E-state index in [1.807, 2.05) is 48.8 Å². The summed E-state index contributed by atoms with van der Waals surface area (Å²) in [4.78, 5) is 12.9. The van der Waals surface area contributed by atoms with E-state index in [4.69, 9.17) is 11.6 Å². The number of amides is 1. The summed E-state index contributed by atoms with van der Waals surface area (Å²) >= 11 is 5.99. The molecule has 4 heteroatoms. The number of benzene rings is 1. The van der Waals surface area contributed by atoms with Gasteiger partial charge in [-0.3, -0.25) is 4.79 Å². The van der Waals surface area contributed by atoms with Crippen molar-refractivity contribution in [1.29, 1.82) is 0 Å². The quantitative estimate of drug-likeness (QED) is 0.793. The van der Waals surface area contributed by atoms with E-state index in [-0.39, 0.29) is 11.3 Å². The highest BCUT2D eigenvalue weighted by atomic mass is 35.5. The number of carbonyl (C=O) groups is 1. The summed E-state index contributed by atoms with van der Waals surface area (Å²) in [5.74, 6) is 0.171. The van der Waals surface area contributed by atoms with Gasteiger partial charge in [0, 0.05) is 30.5 Å². The number of hydrogen-bond acceptors (Lipinski definition) is 1. The number of carbonyl (C=O) groups excluding carboxylic acids is 1. The molecular formula is C19H23ClN2O. The molecule has 0 aliphatic heterocycles. The van der Waals surface area contributed by atoms with Crippen LogP contribution in [-0.2, 0) is 16.8 Å². The number of nitrogens with zero attached hydrogens (tertiary/aromatic N) is 1. The summed E-state index contributed by atoms with van der Waals surface area (Å²) in [6.45, 7) is 1.65. The van der Waals surface area contributed by atoms with Crippen LogP contribution in [0, 0.1) is 0 Å². The highest BCUT2D eigenvalue weighted by Crippen LogP contribution is 2.41. The molecule has 0 radical (unpaired) electrons. The van der Waals surface area contributed by atoms with Gasteiger partial charge in [-0.1, -0.05) is 36.6 Å². The Balaban J connectivity index is 1.61. The molecule has 1 amide bonds. The van der Waals surface area contributed by atoms with Crippen LogP contribution in [0.1, 0.15) is 37.7 Å². The fourth-order valence-electron chi connectivity index (χ4n) is 3.55. The van der Waals surface area contributed by atoms with E-state index in [2.05, 4.69) is 9.88 Å². The Morgan fingerprint density at radius 1 is 1.13 bits per heavy atom. The zero-order valence-electron chi connectivity index (χ0n) is 13.3. The Morgan fingerprint density at radius 2 is 1.78 bits per heavy atom. The van der Waals surface area contributed by atoms with Crippen molar-refractivity contribution in [3.8, 4) is 0 Å². The molecule has 1 heterocycles. The van der Waals surface area contributed by atoms with Crippen molar-refractivity contribution in [2.75, 3.05) is 6.54 Å². The van der Waals surface area contributed by atoms with E-state index >= 15 is 0 Å². The summed E-state index contributed by atoms with van der Waals surface area (Å²) in [6, 6.07) is 11.8. The van der Waals surface area contributed by atoms with Crippen LogP contribution in [0.25, 0.3) is 0 Å². The second-order valence-electron chi connectivity index (χ2n) is 6.33. The normalized spacial score (nSPS) is 16.4. The van der Waals surface area contributed by atoms with Crippen LogP contribution < -0.4 is 5.32 Å². The molecule has 1 aromatic heterocycles. The van der Waals surface area contributed by atoms with Gasteiger partial charge < -0.3 is 9.88 Å². The molecule has 0 bridgehead atoms. The van der Waals surface area contributed by atoms with Gasteiger partial charge in [0.2, 0.25) is 5.91 Å². The van der Waals surface area contributed by atoms with Gasteiger partial charge in [-0.2, -0.15) is 0 Å². The van der Waals surface area contributed by atoms with Crippen molar-refractivity contribution in [3.05, 3.63) is 59.4 Å². The predicted octanol–water partition coefficient (Wildman–Crippen LogP) is 4.16. The van der Waals surface area contributed by atoms with Crippen molar-refractivity contribution < 1.29 is 4.79 Å². The molecule has 3 rings (SSSR count). The molecule has 1 aliphatic rings. The minimum atomic E-state index is -0.363. The standard InChI is InChI=1S/C19H23ClN2O/c20-17-8-6-16(7-9-17)19(10-1-2-11-19)18(23)21-12-5-15-22-13-3-4-14-22/h3-4,6-9,13-14H,1-2,5,10-12,15H2,(H,21,23). The minimum Gasteiger partial charge on any atom is -0.355 e. The second-order valence-corrected chi connectivity index (χ2v) is 6.76. The Morgan fingerprint density at radius 3 is 2.43 bits per heavy atom. The minimum absolute atomic E-state index is 0.171. The van der Waals surface area contributed by atoms with Crippen LogP contribution in [0.3, 0.4) is 0 Å². The average molecular weight is 331 g/mol. The first-order chi connectivity index (χ1) is 11.2. The van der Waals surface area contributed by atoms with Crippen molar-refractivity contribution in [2.24, 2.45) is 0 Å². The topological polar surface area (TPSA) is 34.0 Å². The molecule has 1 fully saturated rings. The number of nitrogens with one attached hydrogen (secondary N) is 1. The summed E-state index contributed by atoms with van der Waals surface area (Å²) < 4.78 is 2.14. The van der Waals surface area contributed by atoms with Crippen LogP contribution in [0.2, 0.25) is 5.02 Å². The Bertz CT molecular complexity index is 628. The van der Waals surface area contributed by atoms with Crippen molar-refractivity contribution in [2.45, 2.75) is 44.1 Å². The second kappa shape index (κ2) is 7.22. The summed E-state index contributed by atoms with van der Waals surface area (Å²) in [6.07, 6.45) is 9.12. The monoisotopic (exact) mass is 330 g/mol. The summed E-state index contributed by atoms with van der Waals surface area (Å²) in [5, 5.41) is 3.87. The number of aromatic nitrogens is 1. The van der Waals surface area contributed by atoms with Gasteiger partial charge in [0.25, 0.3) is 0 Å². The molecule has 1 aliphatic carbocycles. The van der Waals surface area contributed by atoms with Gasteiger partial charge in [0.15, 0.2) is 0 Å². The Labute approximate surface area is 142 Å². The Hall–Kier alpha value is -1.74. The predicted molar refractivity (Wildman–Crippen MR) is 93.7 cm³/mol. The molecule has 23 heavy (non-hydrogen) atoms. The van der Waals surface area contributed by atoms with Crippen molar-refractivity contribution >= 4 is 17.5 Å². The van der Waals surface area contributed by atoms with Crippen LogP contribution in [0.15, 0.2) is 48.8 Å². The fourth-order valence-corrected chi connectivity index (χ4v) is 3.67. The van der Waals surface area contributed by atoms with E-state index in [1.54, 1.807) is 0 Å². The van der Waals surface area contributed by atoms with Crippen LogP contribution in [-0.4, -0.2) is 17.0 Å². The lowest BCUT2D eigenvalue weighted by Gasteiger charge is -2.28. The third-order valence-corrected chi connectivity index (χ3v) is 5.09. The largest absolute Gasteiger partial charge is 0.355 e. The van der Waals surface area contributed by atoms with E-state index in [0.29, 0.717) is 11.6 Å². The number of hydrogen-bond donors (Lipinski definition) is 1. The number of rotatable bonds is 6. The lowest BCUT2D eigenvalue weighted by atomic mass is 9.78. The Kier molecular flexibility index (Phi) is 5.06. The molecule has 0 saturated heterocycles. The zero-order valence-corrected chi connectivity index (χ0v) is 14.1. The lowest BCUT2D eigenvalue weighted by Crippen LogP contribution is -2.43. The fraction of sp³-hybridized carbons (Fsp3) is 0.421. The summed E-state index contributed by atoms with van der Waals surface area (Å²) in [5.41, 5.74) is 0.736. The molecule has 1 N–H and O–H groups in total. The van der Waals surface area contributed by atoms with Crippen molar-refractivity contribution in [3.63, 3.8) is 0 Å². The number of halogens is 1. The molecular weight excluding hydrogens is 308 g/mol. The molecule has 122 valence electrons. The van der Waals surface area contributed by atoms with Gasteiger partial charge in [-0.05, 0) is 49.1 Å². The first kappa shape index (κ1) is 16.1. The third-order valence-electron chi connectivity index (χ3n) is 4.83. The van der Waals surface area contributed by atoms with Crippen molar-refractivity contribution in [1.82, 2.24) is 9.88 Å². The van der Waals surface area contributed by atoms with Gasteiger partial charge in [-0.15, -0.1) is 0 Å². The maximum atomic E-state index is 12.9. The molecule has 3 nitrogen and oxygen atoms in total. The molecule has 0 atom stereocenters. The lowest BCUT2D eigenvalue weighted by molar-refractivity contribution is -0.126. The average Bonchev–Trinajstić information content (AvgIpc) is 3.24. The smallest absolute Gasteiger partial charge is 0.230 e. The van der Waals surface area contributed by atoms with Crippen LogP contribution in [0.5, 0.6) is 0 Å². The first-order valence-electron chi connectivity index (χ1n) is 8.36. The highest BCUT2D eigenvalue weighted by Gasteiger charge is 2.42. The van der Waals surface area contributed by atoms with E-state index in [9.17, 15) is 4.79 Å². The zero-order chi connectivity index (χ0) is 16.1. The van der Waals surface area contributed by atoms with Gasteiger partial charge in [-0.25, -0.2) is 0 Å². The third kappa shape index (κ3) is 3.61. The maximum Gasteiger partial charge on any atom is 0.230 e. The first-order valence-corrected chi connectivity index (χ1v) is 8.74. The van der Waals surface area contributed by atoms with Gasteiger partial charge in [0.1, 0.15) is 0 Å². The van der Waals surface area contributed by atoms with E-state index in [1.165, 1.54) is 0 Å². The number of aryl methyl sites for hydroxylation is 1.